The van der Waals surface area contributed by atoms with Gasteiger partial charge in [0.2, 0.25) is 0 Å². The fourth-order valence-electron chi connectivity index (χ4n) is 3.66. The molecule has 0 aliphatic carbocycles. The molecule has 3 aromatic rings. The van der Waals surface area contributed by atoms with Gasteiger partial charge in [0.15, 0.2) is 12.1 Å². The molecule has 0 aliphatic heterocycles. The van der Waals surface area contributed by atoms with Crippen molar-refractivity contribution in [3.8, 4) is 5.69 Å². The number of benzene rings is 2. The standard InChI is InChI=1S/C25H27F2N3O4/c1-14(2)11-21(25(33)34)29-13-15-3-6-17(7-4-15)30-22(31)10-9-19(24(30)28)23(32)18-8-5-16(26)12-20(18)27/h3-10,12,14,21,25,29,33-34H,11,13,28H2,1-2H3/t21-/m0/s1. The number of carbonyl (C=O) groups excluding carboxylic acids is 1. The van der Waals surface area contributed by atoms with Crippen LogP contribution in [-0.2, 0) is 6.54 Å². The van der Waals surface area contributed by atoms with Crippen LogP contribution < -0.4 is 16.6 Å². The zero-order valence-electron chi connectivity index (χ0n) is 18.8. The molecule has 1 atom stereocenters. The first-order chi connectivity index (χ1) is 16.1. The Kier molecular flexibility index (Phi) is 7.93. The van der Waals surface area contributed by atoms with Crippen LogP contribution in [0.1, 0.15) is 41.8 Å². The first-order valence-corrected chi connectivity index (χ1v) is 10.8. The molecular formula is C25H27F2N3O4. The van der Waals surface area contributed by atoms with Crippen molar-refractivity contribution in [3.05, 3.63) is 93.3 Å². The van der Waals surface area contributed by atoms with Crippen LogP contribution in [0.5, 0.6) is 0 Å². The molecule has 7 nitrogen and oxygen atoms in total. The van der Waals surface area contributed by atoms with Gasteiger partial charge in [-0.25, -0.2) is 8.78 Å². The van der Waals surface area contributed by atoms with Crippen molar-refractivity contribution in [2.75, 3.05) is 5.73 Å². The lowest BCUT2D eigenvalue weighted by atomic mass is 10.0. The molecule has 0 saturated carbocycles. The van der Waals surface area contributed by atoms with Gasteiger partial charge in [-0.1, -0.05) is 26.0 Å². The molecule has 0 saturated heterocycles. The molecule has 0 amide bonds. The summed E-state index contributed by atoms with van der Waals surface area (Å²) in [5.41, 5.74) is 6.40. The highest BCUT2D eigenvalue weighted by Gasteiger charge is 2.20. The zero-order valence-corrected chi connectivity index (χ0v) is 18.8. The van der Waals surface area contributed by atoms with E-state index in [4.69, 9.17) is 5.73 Å². The lowest BCUT2D eigenvalue weighted by Gasteiger charge is -2.22. The number of anilines is 1. The number of nitrogens with one attached hydrogen (secondary N) is 1. The number of rotatable bonds is 9. The summed E-state index contributed by atoms with van der Waals surface area (Å²) in [4.78, 5) is 25.3. The predicted octanol–water partition coefficient (Wildman–Crippen LogP) is 2.74. The van der Waals surface area contributed by atoms with Crippen LogP contribution in [0.15, 0.2) is 59.4 Å². The Morgan fingerprint density at radius 2 is 1.68 bits per heavy atom. The van der Waals surface area contributed by atoms with Gasteiger partial charge in [-0.3, -0.25) is 14.2 Å². The minimum Gasteiger partial charge on any atom is -0.384 e. The highest BCUT2D eigenvalue weighted by atomic mass is 19.1. The number of nitrogens with two attached hydrogens (primary N) is 1. The van der Waals surface area contributed by atoms with E-state index in [1.807, 2.05) is 13.8 Å². The molecular weight excluding hydrogens is 444 g/mol. The van der Waals surface area contributed by atoms with E-state index < -0.39 is 35.3 Å². The molecule has 2 aromatic carbocycles. The molecule has 1 aromatic heterocycles. The maximum absolute atomic E-state index is 14.1. The number of ketones is 1. The number of halogens is 2. The molecule has 0 unspecified atom stereocenters. The van der Waals surface area contributed by atoms with Crippen LogP contribution in [0.25, 0.3) is 5.69 Å². The van der Waals surface area contributed by atoms with E-state index in [-0.39, 0.29) is 22.9 Å². The van der Waals surface area contributed by atoms with E-state index in [0.29, 0.717) is 24.7 Å². The third-order valence-electron chi connectivity index (χ3n) is 5.40. The Bertz CT molecular complexity index is 1220. The molecule has 9 heteroatoms. The van der Waals surface area contributed by atoms with Crippen molar-refractivity contribution >= 4 is 11.6 Å². The molecule has 5 N–H and O–H groups in total. The van der Waals surface area contributed by atoms with Crippen LogP contribution >= 0.6 is 0 Å². The van der Waals surface area contributed by atoms with Gasteiger partial charge in [-0.05, 0) is 48.2 Å². The van der Waals surface area contributed by atoms with Crippen molar-refractivity contribution in [1.82, 2.24) is 9.88 Å². The van der Waals surface area contributed by atoms with E-state index in [2.05, 4.69) is 5.32 Å². The van der Waals surface area contributed by atoms with Crippen molar-refractivity contribution < 1.29 is 23.8 Å². The molecule has 0 radical (unpaired) electrons. The largest absolute Gasteiger partial charge is 0.384 e. The Morgan fingerprint density at radius 3 is 2.26 bits per heavy atom. The Hall–Kier alpha value is -3.40. The van der Waals surface area contributed by atoms with Gasteiger partial charge in [0, 0.05) is 18.7 Å². The van der Waals surface area contributed by atoms with Gasteiger partial charge in [-0.2, -0.15) is 0 Å². The monoisotopic (exact) mass is 471 g/mol. The number of nitrogen functional groups attached to an aromatic ring is 1. The lowest BCUT2D eigenvalue weighted by Crippen LogP contribution is -2.40. The van der Waals surface area contributed by atoms with Gasteiger partial charge in [0.05, 0.1) is 22.9 Å². The number of nitrogens with zero attached hydrogens (tertiary/aromatic N) is 1. The molecule has 0 bridgehead atoms. The summed E-state index contributed by atoms with van der Waals surface area (Å²) in [5, 5.41) is 22.2. The number of hydrogen-bond donors (Lipinski definition) is 4. The maximum atomic E-state index is 14.1. The van der Waals surface area contributed by atoms with Gasteiger partial charge in [0.25, 0.3) is 5.56 Å². The van der Waals surface area contributed by atoms with Crippen LogP contribution in [0.2, 0.25) is 0 Å². The van der Waals surface area contributed by atoms with Crippen molar-refractivity contribution in [2.45, 2.75) is 39.1 Å². The summed E-state index contributed by atoms with van der Waals surface area (Å²) in [6.07, 6.45) is -0.914. The fraction of sp³-hybridized carbons (Fsp3) is 0.280. The zero-order chi connectivity index (χ0) is 25.0. The second-order valence-corrected chi connectivity index (χ2v) is 8.46. The number of aliphatic hydroxyl groups is 2. The Morgan fingerprint density at radius 1 is 1.03 bits per heavy atom. The normalized spacial score (nSPS) is 12.4. The minimum atomic E-state index is -1.49. The average molecular weight is 472 g/mol. The number of carbonyl (C=O) groups is 1. The summed E-state index contributed by atoms with van der Waals surface area (Å²) >= 11 is 0. The summed E-state index contributed by atoms with van der Waals surface area (Å²) in [5.74, 6) is -2.51. The highest BCUT2D eigenvalue weighted by molar-refractivity contribution is 6.11. The van der Waals surface area contributed by atoms with E-state index in [1.54, 1.807) is 24.3 Å². The average Bonchev–Trinajstić information content (AvgIpc) is 2.77. The molecule has 3 rings (SSSR count). The second kappa shape index (κ2) is 10.7. The molecule has 180 valence electrons. The number of aromatic nitrogens is 1. The number of aliphatic hydroxyl groups excluding tert-OH is 1. The SMILES string of the molecule is CC(C)C[C@H](NCc1ccc(-n2c(N)c(C(=O)c3ccc(F)cc3F)ccc2=O)cc1)C(O)O. The van der Waals surface area contributed by atoms with E-state index >= 15 is 0 Å². The quantitative estimate of drug-likeness (QED) is 0.282. The predicted molar refractivity (Wildman–Crippen MR) is 125 cm³/mol. The molecule has 34 heavy (non-hydrogen) atoms. The van der Waals surface area contributed by atoms with Crippen molar-refractivity contribution in [3.63, 3.8) is 0 Å². The molecule has 1 heterocycles. The van der Waals surface area contributed by atoms with E-state index in [1.165, 1.54) is 6.07 Å². The van der Waals surface area contributed by atoms with Gasteiger partial charge in [0.1, 0.15) is 17.5 Å². The van der Waals surface area contributed by atoms with Crippen molar-refractivity contribution in [2.24, 2.45) is 5.92 Å². The Labute approximate surface area is 195 Å². The molecule has 0 fully saturated rings. The van der Waals surface area contributed by atoms with Gasteiger partial charge < -0.3 is 21.3 Å². The summed E-state index contributed by atoms with van der Waals surface area (Å²) in [7, 11) is 0. The summed E-state index contributed by atoms with van der Waals surface area (Å²) in [6.45, 7) is 4.33. The van der Waals surface area contributed by atoms with E-state index in [9.17, 15) is 28.6 Å². The minimum absolute atomic E-state index is 0.0932. The lowest BCUT2D eigenvalue weighted by molar-refractivity contribution is -0.0715. The molecule has 0 spiro atoms. The third kappa shape index (κ3) is 5.74. The third-order valence-corrected chi connectivity index (χ3v) is 5.40. The first-order valence-electron chi connectivity index (χ1n) is 10.8. The number of hydrogen-bond acceptors (Lipinski definition) is 6. The van der Waals surface area contributed by atoms with Gasteiger partial charge in [-0.15, -0.1) is 0 Å². The highest BCUT2D eigenvalue weighted by Crippen LogP contribution is 2.21. The smallest absolute Gasteiger partial charge is 0.256 e. The summed E-state index contributed by atoms with van der Waals surface area (Å²) in [6, 6.07) is 11.2. The van der Waals surface area contributed by atoms with Crippen LogP contribution in [-0.4, -0.2) is 32.9 Å². The molecule has 0 aliphatic rings. The second-order valence-electron chi connectivity index (χ2n) is 8.46. The topological polar surface area (TPSA) is 118 Å². The van der Waals surface area contributed by atoms with Crippen LogP contribution in [0, 0.1) is 17.6 Å². The van der Waals surface area contributed by atoms with Crippen molar-refractivity contribution in [1.29, 1.82) is 0 Å². The summed E-state index contributed by atoms with van der Waals surface area (Å²) < 4.78 is 28.4. The van der Waals surface area contributed by atoms with Crippen LogP contribution in [0.3, 0.4) is 0 Å². The van der Waals surface area contributed by atoms with E-state index in [0.717, 1.165) is 28.3 Å². The maximum Gasteiger partial charge on any atom is 0.256 e. The van der Waals surface area contributed by atoms with Gasteiger partial charge >= 0.3 is 0 Å². The Balaban J connectivity index is 1.86. The number of pyridine rings is 1. The van der Waals surface area contributed by atoms with Crippen LogP contribution in [0.4, 0.5) is 14.6 Å². The fourth-order valence-corrected chi connectivity index (χ4v) is 3.66. The first kappa shape index (κ1) is 25.2.